The third kappa shape index (κ3) is 4.35. The zero-order valence-corrected chi connectivity index (χ0v) is 16.3. The first kappa shape index (κ1) is 19.1. The smallest absolute Gasteiger partial charge is 0.240 e. The van der Waals surface area contributed by atoms with Crippen molar-refractivity contribution in [1.82, 2.24) is 19.5 Å². The fraction of sp³-hybridized carbons (Fsp3) is 0.263. The molecule has 0 radical (unpaired) electrons. The standard InChI is InChI=1S/C19H22N4O3S/c1-4-26-19-6-5-17(9-14(19)2)27(24,25)22-12-15-10-16(13-20-11-15)18-7-8-21-23(18)3/h5-11,13,22H,4,12H2,1-3H3. The second-order valence-electron chi connectivity index (χ2n) is 6.11. The van der Waals surface area contributed by atoms with Gasteiger partial charge in [-0.05, 0) is 55.3 Å². The number of nitrogens with one attached hydrogen (secondary N) is 1. The molecule has 2 heterocycles. The van der Waals surface area contributed by atoms with Crippen molar-refractivity contribution in [2.24, 2.45) is 7.05 Å². The zero-order valence-electron chi connectivity index (χ0n) is 15.5. The Kier molecular flexibility index (Phi) is 5.57. The molecule has 3 aromatic rings. The fourth-order valence-corrected chi connectivity index (χ4v) is 3.85. The van der Waals surface area contributed by atoms with E-state index in [0.29, 0.717) is 12.4 Å². The predicted octanol–water partition coefficient (Wildman–Crippen LogP) is 2.67. The third-order valence-corrected chi connectivity index (χ3v) is 5.53. The molecule has 0 aliphatic rings. The van der Waals surface area contributed by atoms with Gasteiger partial charge in [0.2, 0.25) is 10.0 Å². The Balaban J connectivity index is 1.76. The van der Waals surface area contributed by atoms with E-state index in [1.54, 1.807) is 41.5 Å². The number of nitrogens with zero attached hydrogens (tertiary/aromatic N) is 3. The Morgan fingerprint density at radius 3 is 2.67 bits per heavy atom. The van der Waals surface area contributed by atoms with E-state index < -0.39 is 10.0 Å². The Morgan fingerprint density at radius 2 is 2.00 bits per heavy atom. The normalized spacial score (nSPS) is 11.5. The minimum Gasteiger partial charge on any atom is -0.494 e. The average molecular weight is 386 g/mol. The van der Waals surface area contributed by atoms with Crippen molar-refractivity contribution in [2.75, 3.05) is 6.61 Å². The van der Waals surface area contributed by atoms with E-state index in [9.17, 15) is 8.42 Å². The summed E-state index contributed by atoms with van der Waals surface area (Å²) in [7, 11) is -1.79. The molecule has 3 rings (SSSR count). The lowest BCUT2D eigenvalue weighted by molar-refractivity contribution is 0.337. The molecule has 27 heavy (non-hydrogen) atoms. The summed E-state index contributed by atoms with van der Waals surface area (Å²) in [4.78, 5) is 4.42. The minimum absolute atomic E-state index is 0.146. The molecule has 0 aliphatic carbocycles. The molecular weight excluding hydrogens is 364 g/mol. The van der Waals surface area contributed by atoms with Crippen LogP contribution in [0.3, 0.4) is 0 Å². The van der Waals surface area contributed by atoms with E-state index in [-0.39, 0.29) is 11.4 Å². The van der Waals surface area contributed by atoms with Crippen LogP contribution in [0.25, 0.3) is 11.3 Å². The van der Waals surface area contributed by atoms with Crippen LogP contribution in [0.2, 0.25) is 0 Å². The van der Waals surface area contributed by atoms with Crippen LogP contribution in [-0.4, -0.2) is 29.8 Å². The van der Waals surface area contributed by atoms with Crippen molar-refractivity contribution in [1.29, 1.82) is 0 Å². The van der Waals surface area contributed by atoms with Gasteiger partial charge in [0.25, 0.3) is 0 Å². The van der Waals surface area contributed by atoms with Gasteiger partial charge in [-0.15, -0.1) is 0 Å². The molecule has 0 saturated heterocycles. The van der Waals surface area contributed by atoms with E-state index in [4.69, 9.17) is 4.74 Å². The van der Waals surface area contributed by atoms with E-state index in [0.717, 1.165) is 22.4 Å². The first-order chi connectivity index (χ1) is 12.9. The van der Waals surface area contributed by atoms with Crippen molar-refractivity contribution in [3.8, 4) is 17.0 Å². The summed E-state index contributed by atoms with van der Waals surface area (Å²) in [5.74, 6) is 0.685. The number of ether oxygens (including phenoxy) is 1. The van der Waals surface area contributed by atoms with Gasteiger partial charge in [-0.2, -0.15) is 5.10 Å². The van der Waals surface area contributed by atoms with Crippen LogP contribution in [0.1, 0.15) is 18.1 Å². The Labute approximate surface area is 159 Å². The lowest BCUT2D eigenvalue weighted by atomic mass is 10.1. The van der Waals surface area contributed by atoms with Crippen LogP contribution in [-0.2, 0) is 23.6 Å². The molecule has 0 fully saturated rings. The number of aryl methyl sites for hydroxylation is 2. The van der Waals surface area contributed by atoms with Gasteiger partial charge in [0, 0.05) is 37.7 Å². The first-order valence-electron chi connectivity index (χ1n) is 8.56. The highest BCUT2D eigenvalue weighted by Gasteiger charge is 2.16. The summed E-state index contributed by atoms with van der Waals surface area (Å²) in [6.45, 7) is 4.39. The van der Waals surface area contributed by atoms with Crippen molar-refractivity contribution in [3.63, 3.8) is 0 Å². The lowest BCUT2D eigenvalue weighted by Crippen LogP contribution is -2.23. The van der Waals surface area contributed by atoms with Crippen LogP contribution >= 0.6 is 0 Å². The van der Waals surface area contributed by atoms with E-state index in [2.05, 4.69) is 14.8 Å². The second-order valence-corrected chi connectivity index (χ2v) is 7.87. The summed E-state index contributed by atoms with van der Waals surface area (Å²) >= 11 is 0. The second kappa shape index (κ2) is 7.89. The van der Waals surface area contributed by atoms with E-state index >= 15 is 0 Å². The molecular formula is C19H22N4O3S. The van der Waals surface area contributed by atoms with Crippen LogP contribution < -0.4 is 9.46 Å². The number of benzene rings is 1. The molecule has 1 N–H and O–H groups in total. The van der Waals surface area contributed by atoms with E-state index in [1.807, 2.05) is 33.0 Å². The Morgan fingerprint density at radius 1 is 1.19 bits per heavy atom. The topological polar surface area (TPSA) is 86.1 Å². The average Bonchev–Trinajstić information content (AvgIpc) is 3.08. The summed E-state index contributed by atoms with van der Waals surface area (Å²) in [5.41, 5.74) is 3.33. The lowest BCUT2D eigenvalue weighted by Gasteiger charge is -2.11. The van der Waals surface area contributed by atoms with Gasteiger partial charge in [0.1, 0.15) is 5.75 Å². The van der Waals surface area contributed by atoms with Gasteiger partial charge in [-0.25, -0.2) is 13.1 Å². The summed E-state index contributed by atoms with van der Waals surface area (Å²) in [6.07, 6.45) is 5.08. The molecule has 0 spiro atoms. The molecule has 0 unspecified atom stereocenters. The highest BCUT2D eigenvalue weighted by Crippen LogP contribution is 2.22. The van der Waals surface area contributed by atoms with Crippen molar-refractivity contribution < 1.29 is 13.2 Å². The maximum atomic E-state index is 12.6. The molecule has 142 valence electrons. The number of hydrogen-bond acceptors (Lipinski definition) is 5. The molecule has 0 atom stereocenters. The Hall–Kier alpha value is -2.71. The molecule has 0 bridgehead atoms. The quantitative estimate of drug-likeness (QED) is 0.675. The highest BCUT2D eigenvalue weighted by molar-refractivity contribution is 7.89. The zero-order chi connectivity index (χ0) is 19.4. The third-order valence-electron chi connectivity index (χ3n) is 4.13. The minimum atomic E-state index is -3.64. The molecule has 1 aromatic carbocycles. The van der Waals surface area contributed by atoms with Crippen molar-refractivity contribution in [2.45, 2.75) is 25.3 Å². The van der Waals surface area contributed by atoms with Crippen molar-refractivity contribution in [3.05, 3.63) is 60.0 Å². The molecule has 0 aliphatic heterocycles. The molecule has 7 nitrogen and oxygen atoms in total. The monoisotopic (exact) mass is 386 g/mol. The maximum absolute atomic E-state index is 12.6. The van der Waals surface area contributed by atoms with Gasteiger partial charge in [0.15, 0.2) is 0 Å². The molecule has 0 saturated carbocycles. The number of rotatable bonds is 7. The predicted molar refractivity (Wildman–Crippen MR) is 103 cm³/mol. The van der Waals surface area contributed by atoms with Gasteiger partial charge in [-0.3, -0.25) is 9.67 Å². The number of sulfonamides is 1. The Bertz CT molecular complexity index is 1040. The largest absolute Gasteiger partial charge is 0.494 e. The van der Waals surface area contributed by atoms with Gasteiger partial charge < -0.3 is 4.74 Å². The molecule has 2 aromatic heterocycles. The van der Waals surface area contributed by atoms with Crippen LogP contribution in [0, 0.1) is 6.92 Å². The molecule has 8 heteroatoms. The van der Waals surface area contributed by atoms with E-state index in [1.165, 1.54) is 0 Å². The summed E-state index contributed by atoms with van der Waals surface area (Å²) in [6, 6.07) is 8.61. The SMILES string of the molecule is CCOc1ccc(S(=O)(=O)NCc2cncc(-c3ccnn3C)c2)cc1C. The van der Waals surface area contributed by atoms with Crippen LogP contribution in [0.15, 0.2) is 53.8 Å². The van der Waals surface area contributed by atoms with Gasteiger partial charge in [-0.1, -0.05) is 0 Å². The number of pyridine rings is 1. The van der Waals surface area contributed by atoms with Crippen molar-refractivity contribution >= 4 is 10.0 Å². The summed E-state index contributed by atoms with van der Waals surface area (Å²) in [5, 5.41) is 4.14. The van der Waals surface area contributed by atoms with Gasteiger partial charge >= 0.3 is 0 Å². The summed E-state index contributed by atoms with van der Waals surface area (Å²) < 4.78 is 35.0. The van der Waals surface area contributed by atoms with Crippen LogP contribution in [0.5, 0.6) is 5.75 Å². The number of hydrogen-bond donors (Lipinski definition) is 1. The highest BCUT2D eigenvalue weighted by atomic mass is 32.2. The van der Waals surface area contributed by atoms with Gasteiger partial charge in [0.05, 0.1) is 17.2 Å². The maximum Gasteiger partial charge on any atom is 0.240 e. The fourth-order valence-electron chi connectivity index (χ4n) is 2.75. The number of aromatic nitrogens is 3. The first-order valence-corrected chi connectivity index (χ1v) is 10.0. The van der Waals surface area contributed by atoms with Crippen LogP contribution in [0.4, 0.5) is 0 Å². The molecule has 0 amide bonds.